The Labute approximate surface area is 251 Å². The van der Waals surface area contributed by atoms with Gasteiger partial charge in [-0.3, -0.25) is 0 Å². The summed E-state index contributed by atoms with van der Waals surface area (Å²) < 4.78 is 56.2. The van der Waals surface area contributed by atoms with Gasteiger partial charge in [0.25, 0.3) is 0 Å². The highest BCUT2D eigenvalue weighted by Gasteiger charge is 2.61. The maximum absolute atomic E-state index is 11.3. The van der Waals surface area contributed by atoms with Crippen molar-refractivity contribution < 1.29 is 52.8 Å². The first-order valence-electron chi connectivity index (χ1n) is 14.9. The van der Waals surface area contributed by atoms with Gasteiger partial charge in [0.15, 0.2) is 24.2 Å². The second-order valence-corrected chi connectivity index (χ2v) is 12.3. The Morgan fingerprint density at radius 2 is 1.37 bits per heavy atom. The van der Waals surface area contributed by atoms with Crippen LogP contribution in [0.3, 0.4) is 0 Å². The molecule has 0 spiro atoms. The Kier molecular flexibility index (Phi) is 9.21. The molecule has 0 amide bonds. The van der Waals surface area contributed by atoms with Crippen molar-refractivity contribution in [1.82, 2.24) is 0 Å². The number of aliphatic hydroxyl groups is 2. The van der Waals surface area contributed by atoms with E-state index in [2.05, 4.69) is 0 Å². The van der Waals surface area contributed by atoms with E-state index >= 15 is 0 Å². The van der Waals surface area contributed by atoms with Gasteiger partial charge in [0.1, 0.15) is 48.8 Å². The normalized spacial score (nSPS) is 38.3. The zero-order chi connectivity index (χ0) is 30.2. The molecule has 0 aliphatic carbocycles. The molecular weight excluding hydrogens is 560 g/mol. The van der Waals surface area contributed by atoms with Gasteiger partial charge in [-0.25, -0.2) is 0 Å². The number of fused-ring (bicyclic) bond motifs is 1. The van der Waals surface area contributed by atoms with Crippen molar-refractivity contribution in [3.05, 3.63) is 71.8 Å². The van der Waals surface area contributed by atoms with Crippen LogP contribution in [0.15, 0.2) is 60.7 Å². The van der Waals surface area contributed by atoms with Gasteiger partial charge >= 0.3 is 0 Å². The van der Waals surface area contributed by atoms with E-state index < -0.39 is 79.6 Å². The first-order chi connectivity index (χ1) is 20.6. The number of hydrogen-bond acceptors (Lipinski definition) is 11. The van der Waals surface area contributed by atoms with E-state index in [-0.39, 0.29) is 13.2 Å². The molecular formula is C32H42O11. The van der Waals surface area contributed by atoms with Gasteiger partial charge in [-0.1, -0.05) is 60.7 Å². The topological polar surface area (TPSA) is 124 Å². The summed E-state index contributed by atoms with van der Waals surface area (Å²) in [6, 6.07) is 19.3. The first kappa shape index (κ1) is 31.0. The average molecular weight is 603 g/mol. The number of benzene rings is 2. The van der Waals surface area contributed by atoms with Crippen LogP contribution in [-0.2, 0) is 55.8 Å². The van der Waals surface area contributed by atoms with E-state index in [9.17, 15) is 10.2 Å². The molecule has 4 unspecified atom stereocenters. The third-order valence-electron chi connectivity index (χ3n) is 8.08. The number of rotatable bonds is 10. The Morgan fingerprint density at radius 3 is 1.95 bits per heavy atom. The fraction of sp³-hybridized carbons (Fsp3) is 0.625. The summed E-state index contributed by atoms with van der Waals surface area (Å²) in [5.74, 6) is -1.68. The van der Waals surface area contributed by atoms with Crippen molar-refractivity contribution in [2.45, 2.75) is 114 Å². The minimum atomic E-state index is -1.19. The standard InChI is InChI=1S/C32H42O11/c1-31(2)37-18-22(41-31)24-26(28-30(39-24)43-32(3,4)42-28)40-29-27(36-17-20-13-9-6-10-14-20)25(23(34)21(15-33)38-29)35-16-19-11-7-5-8-12-19/h5-14,21-30,33-34H,15-18H2,1-4H3/t21?,22?,23-,24-,25-,26+,27?,28?,29+,30-/m1/s1. The summed E-state index contributed by atoms with van der Waals surface area (Å²) in [6.07, 6.45) is -8.10. The molecule has 10 atom stereocenters. The largest absolute Gasteiger partial charge is 0.394 e. The van der Waals surface area contributed by atoms with Crippen LogP contribution in [0.4, 0.5) is 0 Å². The van der Waals surface area contributed by atoms with E-state index in [1.54, 1.807) is 0 Å². The van der Waals surface area contributed by atoms with Crippen LogP contribution < -0.4 is 0 Å². The van der Waals surface area contributed by atoms with Crippen molar-refractivity contribution in [2.24, 2.45) is 0 Å². The van der Waals surface area contributed by atoms with Crippen molar-refractivity contribution in [2.75, 3.05) is 13.2 Å². The van der Waals surface area contributed by atoms with Crippen LogP contribution in [0.5, 0.6) is 0 Å². The molecule has 6 rings (SSSR count). The maximum Gasteiger partial charge on any atom is 0.190 e. The van der Waals surface area contributed by atoms with Gasteiger partial charge in [-0.15, -0.1) is 0 Å². The van der Waals surface area contributed by atoms with Crippen molar-refractivity contribution >= 4 is 0 Å². The maximum atomic E-state index is 11.3. The SMILES string of the molecule is CC1(C)OCC([C@H]2O[C@@H]3OC(C)(C)OC3[C@H]2O[C@@H]2OC(CO)[C@@H](O)[C@@H](OCc3ccccc3)C2OCc2ccccc2)O1. The highest BCUT2D eigenvalue weighted by atomic mass is 16.9. The summed E-state index contributed by atoms with van der Waals surface area (Å²) in [6.45, 7) is 7.58. The molecule has 4 heterocycles. The Morgan fingerprint density at radius 1 is 0.744 bits per heavy atom. The molecule has 4 aliphatic rings. The molecule has 236 valence electrons. The molecule has 0 radical (unpaired) electrons. The number of ether oxygens (including phenoxy) is 9. The molecule has 0 bridgehead atoms. The highest BCUT2D eigenvalue weighted by molar-refractivity contribution is 5.15. The van der Waals surface area contributed by atoms with Crippen LogP contribution in [0.1, 0.15) is 38.8 Å². The van der Waals surface area contributed by atoms with Crippen LogP contribution in [-0.4, -0.2) is 96.4 Å². The monoisotopic (exact) mass is 602 g/mol. The van der Waals surface area contributed by atoms with Gasteiger partial charge < -0.3 is 52.8 Å². The van der Waals surface area contributed by atoms with Gasteiger partial charge in [0.2, 0.25) is 0 Å². The number of hydrogen-bond donors (Lipinski definition) is 2. The molecule has 2 N–H and O–H groups in total. The van der Waals surface area contributed by atoms with Crippen molar-refractivity contribution in [3.8, 4) is 0 Å². The molecule has 11 nitrogen and oxygen atoms in total. The van der Waals surface area contributed by atoms with Crippen LogP contribution in [0.2, 0.25) is 0 Å². The molecule has 0 saturated carbocycles. The zero-order valence-electron chi connectivity index (χ0n) is 24.9. The average Bonchev–Trinajstić information content (AvgIpc) is 3.61. The van der Waals surface area contributed by atoms with Crippen LogP contribution in [0.25, 0.3) is 0 Å². The molecule has 4 fully saturated rings. The third-order valence-corrected chi connectivity index (χ3v) is 8.08. The Hall–Kier alpha value is -2.00. The lowest BCUT2D eigenvalue weighted by Crippen LogP contribution is -2.62. The molecule has 43 heavy (non-hydrogen) atoms. The molecule has 2 aromatic carbocycles. The van der Waals surface area contributed by atoms with Crippen molar-refractivity contribution in [1.29, 1.82) is 0 Å². The van der Waals surface area contributed by atoms with E-state index in [0.717, 1.165) is 11.1 Å². The minimum Gasteiger partial charge on any atom is -0.394 e. The molecule has 4 saturated heterocycles. The van der Waals surface area contributed by atoms with Crippen LogP contribution >= 0.6 is 0 Å². The minimum absolute atomic E-state index is 0.214. The van der Waals surface area contributed by atoms with E-state index in [0.29, 0.717) is 6.61 Å². The second kappa shape index (κ2) is 12.8. The van der Waals surface area contributed by atoms with E-state index in [4.69, 9.17) is 42.6 Å². The van der Waals surface area contributed by atoms with Crippen LogP contribution in [0, 0.1) is 0 Å². The molecule has 0 aromatic heterocycles. The van der Waals surface area contributed by atoms with Gasteiger partial charge in [0.05, 0.1) is 26.4 Å². The smallest absolute Gasteiger partial charge is 0.190 e. The zero-order valence-corrected chi connectivity index (χ0v) is 24.9. The van der Waals surface area contributed by atoms with Gasteiger partial charge in [-0.05, 0) is 38.8 Å². The van der Waals surface area contributed by atoms with E-state index in [1.165, 1.54) is 0 Å². The predicted molar refractivity (Wildman–Crippen MR) is 150 cm³/mol. The van der Waals surface area contributed by atoms with E-state index in [1.807, 2.05) is 88.4 Å². The van der Waals surface area contributed by atoms with Gasteiger partial charge in [-0.2, -0.15) is 0 Å². The summed E-state index contributed by atoms with van der Waals surface area (Å²) >= 11 is 0. The third kappa shape index (κ3) is 6.98. The summed E-state index contributed by atoms with van der Waals surface area (Å²) in [5.41, 5.74) is 1.85. The lowest BCUT2D eigenvalue weighted by atomic mass is 9.98. The summed E-state index contributed by atoms with van der Waals surface area (Å²) in [4.78, 5) is 0. The fourth-order valence-corrected chi connectivity index (χ4v) is 6.04. The molecule has 2 aromatic rings. The van der Waals surface area contributed by atoms with Crippen molar-refractivity contribution in [3.63, 3.8) is 0 Å². The molecule has 4 aliphatic heterocycles. The lowest BCUT2D eigenvalue weighted by molar-refractivity contribution is -0.339. The molecule has 11 heteroatoms. The summed E-state index contributed by atoms with van der Waals surface area (Å²) in [5, 5.41) is 21.5. The highest BCUT2D eigenvalue weighted by Crippen LogP contribution is 2.43. The second-order valence-electron chi connectivity index (χ2n) is 12.3. The summed E-state index contributed by atoms with van der Waals surface area (Å²) in [7, 11) is 0. The van der Waals surface area contributed by atoms with Gasteiger partial charge in [0, 0.05) is 0 Å². The first-order valence-corrected chi connectivity index (χ1v) is 14.9. The Bertz CT molecular complexity index is 1180. The Balaban J connectivity index is 1.28. The number of aliphatic hydroxyl groups excluding tert-OH is 2. The lowest BCUT2D eigenvalue weighted by Gasteiger charge is -2.45. The quantitative estimate of drug-likeness (QED) is 0.417. The predicted octanol–water partition coefficient (Wildman–Crippen LogP) is 2.65. The fourth-order valence-electron chi connectivity index (χ4n) is 6.04.